The topological polar surface area (TPSA) is 41.6 Å². The van der Waals surface area contributed by atoms with Gasteiger partial charge in [-0.2, -0.15) is 0 Å². The lowest BCUT2D eigenvalue weighted by Gasteiger charge is -2.30. The molecule has 0 radical (unpaired) electrons. The van der Waals surface area contributed by atoms with Crippen molar-refractivity contribution >= 4 is 18.0 Å². The van der Waals surface area contributed by atoms with E-state index in [0.29, 0.717) is 6.67 Å². The van der Waals surface area contributed by atoms with E-state index in [1.807, 2.05) is 18.3 Å². The van der Waals surface area contributed by atoms with Crippen LogP contribution in [0.25, 0.3) is 11.8 Å². The van der Waals surface area contributed by atoms with Gasteiger partial charge in [0.25, 0.3) is 0 Å². The third kappa shape index (κ3) is 1.16. The number of hydrogen-bond donors (Lipinski definition) is 1. The molecular weight excluding hydrogens is 186 g/mol. The molecule has 1 aromatic carbocycles. The molecule has 2 heterocycles. The summed E-state index contributed by atoms with van der Waals surface area (Å²) in [6, 6.07) is 8.25. The van der Waals surface area contributed by atoms with Gasteiger partial charge in [0, 0.05) is 18.0 Å². The average Bonchev–Trinajstić information content (AvgIpc) is 2.29. The Hall–Kier alpha value is -2.03. The lowest BCUT2D eigenvalue weighted by molar-refractivity contribution is 0.541. The molecule has 0 fully saturated rings. The first-order chi connectivity index (χ1) is 7.36. The van der Waals surface area contributed by atoms with E-state index in [4.69, 9.17) is 5.73 Å². The Morgan fingerprint density at radius 3 is 3.07 bits per heavy atom. The van der Waals surface area contributed by atoms with E-state index < -0.39 is 0 Å². The van der Waals surface area contributed by atoms with Gasteiger partial charge in [-0.25, -0.2) is 0 Å². The first kappa shape index (κ1) is 8.29. The van der Waals surface area contributed by atoms with Gasteiger partial charge in [0.05, 0.1) is 11.4 Å². The number of nitrogens with two attached hydrogens (primary N) is 1. The summed E-state index contributed by atoms with van der Waals surface area (Å²) in [5.74, 6) is 0. The molecule has 0 saturated heterocycles. The van der Waals surface area contributed by atoms with Crippen molar-refractivity contribution in [1.29, 1.82) is 0 Å². The molecule has 1 aromatic rings. The van der Waals surface area contributed by atoms with Crippen LogP contribution >= 0.6 is 0 Å². The van der Waals surface area contributed by atoms with Gasteiger partial charge < -0.3 is 10.6 Å². The molecule has 74 valence electrons. The first-order valence-corrected chi connectivity index (χ1v) is 4.90. The van der Waals surface area contributed by atoms with Crippen LogP contribution in [0.2, 0.25) is 0 Å². The largest absolute Gasteiger partial charge is 0.396 e. The van der Waals surface area contributed by atoms with Crippen molar-refractivity contribution in [3.63, 3.8) is 0 Å². The number of benzene rings is 1. The Kier molecular flexibility index (Phi) is 1.65. The Bertz CT molecular complexity index is 497. The minimum absolute atomic E-state index is 0.654. The van der Waals surface area contributed by atoms with Crippen molar-refractivity contribution in [2.75, 3.05) is 6.67 Å². The number of aliphatic imine (C=N–C) groups is 1. The summed E-state index contributed by atoms with van der Waals surface area (Å²) in [6.07, 6.45) is 5.86. The molecule has 0 aliphatic carbocycles. The molecule has 0 saturated carbocycles. The standard InChI is InChI=1S/C12H11N3/c13-11-7-14-8-15-6-5-9-3-1-2-4-10(9)12(11)15/h1-7H,8,13H2. The van der Waals surface area contributed by atoms with Gasteiger partial charge >= 0.3 is 0 Å². The van der Waals surface area contributed by atoms with Crippen molar-refractivity contribution in [3.8, 4) is 0 Å². The summed E-state index contributed by atoms with van der Waals surface area (Å²) in [5.41, 5.74) is 10.2. The van der Waals surface area contributed by atoms with Crippen LogP contribution in [0.5, 0.6) is 0 Å². The molecule has 2 aliphatic rings. The van der Waals surface area contributed by atoms with E-state index in [0.717, 1.165) is 11.4 Å². The second-order valence-corrected chi connectivity index (χ2v) is 3.63. The van der Waals surface area contributed by atoms with Crippen molar-refractivity contribution < 1.29 is 0 Å². The normalized spacial score (nSPS) is 17.7. The van der Waals surface area contributed by atoms with E-state index >= 15 is 0 Å². The number of nitrogens with zero attached hydrogens (tertiary/aromatic N) is 2. The van der Waals surface area contributed by atoms with Crippen LogP contribution in [0.1, 0.15) is 11.1 Å². The zero-order chi connectivity index (χ0) is 10.3. The molecule has 0 aromatic heterocycles. The Labute approximate surface area is 88.2 Å². The molecule has 3 nitrogen and oxygen atoms in total. The Morgan fingerprint density at radius 2 is 2.13 bits per heavy atom. The zero-order valence-electron chi connectivity index (χ0n) is 8.22. The van der Waals surface area contributed by atoms with Gasteiger partial charge in [0.2, 0.25) is 0 Å². The summed E-state index contributed by atoms with van der Waals surface area (Å²) in [7, 11) is 0. The van der Waals surface area contributed by atoms with Crippen LogP contribution in [0.4, 0.5) is 0 Å². The molecule has 0 unspecified atom stereocenters. The van der Waals surface area contributed by atoms with Crippen LogP contribution in [-0.4, -0.2) is 17.8 Å². The van der Waals surface area contributed by atoms with Crippen molar-refractivity contribution in [1.82, 2.24) is 4.90 Å². The molecule has 3 heteroatoms. The fourth-order valence-corrected chi connectivity index (χ4v) is 1.98. The van der Waals surface area contributed by atoms with Gasteiger partial charge in [-0.3, -0.25) is 4.99 Å². The van der Waals surface area contributed by atoms with Crippen LogP contribution in [0.3, 0.4) is 0 Å². The zero-order valence-corrected chi connectivity index (χ0v) is 8.22. The highest BCUT2D eigenvalue weighted by molar-refractivity contribution is 5.93. The monoisotopic (exact) mass is 197 g/mol. The predicted molar refractivity (Wildman–Crippen MR) is 61.8 cm³/mol. The highest BCUT2D eigenvalue weighted by Crippen LogP contribution is 2.31. The smallest absolute Gasteiger partial charge is 0.114 e. The fourth-order valence-electron chi connectivity index (χ4n) is 1.98. The van der Waals surface area contributed by atoms with Gasteiger partial charge in [0.1, 0.15) is 6.67 Å². The third-order valence-corrected chi connectivity index (χ3v) is 2.67. The summed E-state index contributed by atoms with van der Waals surface area (Å²) in [5, 5.41) is 0. The summed E-state index contributed by atoms with van der Waals surface area (Å²) >= 11 is 0. The maximum atomic E-state index is 5.96. The maximum absolute atomic E-state index is 5.96. The lowest BCUT2D eigenvalue weighted by atomic mass is 9.99. The molecule has 0 bridgehead atoms. The van der Waals surface area contributed by atoms with Crippen LogP contribution < -0.4 is 5.73 Å². The number of rotatable bonds is 0. The van der Waals surface area contributed by atoms with Gasteiger partial charge in [-0.15, -0.1) is 0 Å². The average molecular weight is 197 g/mol. The maximum Gasteiger partial charge on any atom is 0.114 e. The van der Waals surface area contributed by atoms with E-state index in [2.05, 4.69) is 28.1 Å². The van der Waals surface area contributed by atoms with E-state index in [1.165, 1.54) is 11.1 Å². The van der Waals surface area contributed by atoms with E-state index in [9.17, 15) is 0 Å². The number of hydrogen-bond acceptors (Lipinski definition) is 3. The van der Waals surface area contributed by atoms with Gasteiger partial charge in [-0.05, 0) is 11.6 Å². The summed E-state index contributed by atoms with van der Waals surface area (Å²) in [6.45, 7) is 0.654. The molecule has 0 spiro atoms. The molecular formula is C12H11N3. The third-order valence-electron chi connectivity index (χ3n) is 2.67. The second-order valence-electron chi connectivity index (χ2n) is 3.63. The van der Waals surface area contributed by atoms with Gasteiger partial charge in [-0.1, -0.05) is 24.3 Å². The lowest BCUT2D eigenvalue weighted by Crippen LogP contribution is -2.26. The summed E-state index contributed by atoms with van der Waals surface area (Å²) < 4.78 is 0. The molecule has 2 aliphatic heterocycles. The summed E-state index contributed by atoms with van der Waals surface area (Å²) in [4.78, 5) is 6.25. The number of fused-ring (bicyclic) bond motifs is 3. The quantitative estimate of drug-likeness (QED) is 0.687. The highest BCUT2D eigenvalue weighted by Gasteiger charge is 2.20. The van der Waals surface area contributed by atoms with Crippen LogP contribution in [-0.2, 0) is 0 Å². The van der Waals surface area contributed by atoms with Crippen LogP contribution in [0, 0.1) is 0 Å². The Morgan fingerprint density at radius 1 is 1.27 bits per heavy atom. The Balaban J connectivity index is 2.27. The van der Waals surface area contributed by atoms with Crippen molar-refractivity contribution in [3.05, 3.63) is 47.3 Å². The first-order valence-electron chi connectivity index (χ1n) is 4.90. The minimum atomic E-state index is 0.654. The minimum Gasteiger partial charge on any atom is -0.396 e. The van der Waals surface area contributed by atoms with E-state index in [-0.39, 0.29) is 0 Å². The molecule has 0 atom stereocenters. The van der Waals surface area contributed by atoms with Crippen LogP contribution in [0.15, 0.2) is 41.2 Å². The number of allylic oxidation sites excluding steroid dienone is 1. The molecule has 0 amide bonds. The van der Waals surface area contributed by atoms with Crippen molar-refractivity contribution in [2.45, 2.75) is 0 Å². The van der Waals surface area contributed by atoms with E-state index in [1.54, 1.807) is 6.21 Å². The fraction of sp³-hybridized carbons (Fsp3) is 0.0833. The molecule has 2 N–H and O–H groups in total. The molecule has 3 rings (SSSR count). The van der Waals surface area contributed by atoms with Crippen molar-refractivity contribution in [2.24, 2.45) is 10.7 Å². The van der Waals surface area contributed by atoms with Gasteiger partial charge in [0.15, 0.2) is 0 Å². The second kappa shape index (κ2) is 2.98. The SMILES string of the molecule is NC1=C2c3ccccc3C=CN2CN=C1. The highest BCUT2D eigenvalue weighted by atomic mass is 15.2. The predicted octanol–water partition coefficient (Wildman–Crippen LogP) is 1.64. The molecule has 15 heavy (non-hydrogen) atoms.